The average molecular weight is 426 g/mol. The van der Waals surface area contributed by atoms with Gasteiger partial charge in [-0.25, -0.2) is 9.59 Å². The molecule has 9 nitrogen and oxygen atoms in total. The average Bonchev–Trinajstić information content (AvgIpc) is 2.96. The lowest BCUT2D eigenvalue weighted by atomic mass is 9.92. The van der Waals surface area contributed by atoms with Gasteiger partial charge in [-0.3, -0.25) is 24.5 Å². The van der Waals surface area contributed by atoms with Crippen molar-refractivity contribution in [3.63, 3.8) is 0 Å². The third-order valence-corrected chi connectivity index (χ3v) is 4.60. The third kappa shape index (κ3) is 3.44. The Morgan fingerprint density at radius 1 is 1.20 bits per heavy atom. The van der Waals surface area contributed by atoms with E-state index in [1.165, 1.54) is 12.2 Å². The summed E-state index contributed by atoms with van der Waals surface area (Å²) >= 11 is 0. The van der Waals surface area contributed by atoms with Gasteiger partial charge in [0, 0.05) is 6.54 Å². The first kappa shape index (κ1) is 21.1. The van der Waals surface area contributed by atoms with Crippen LogP contribution in [0.3, 0.4) is 0 Å². The maximum atomic E-state index is 14.0. The van der Waals surface area contributed by atoms with Crippen molar-refractivity contribution in [3.05, 3.63) is 62.3 Å². The van der Waals surface area contributed by atoms with Gasteiger partial charge in [-0.2, -0.15) is 13.2 Å². The number of fused-ring (bicyclic) bond motifs is 1. The zero-order chi connectivity index (χ0) is 22.1. The highest BCUT2D eigenvalue weighted by molar-refractivity contribution is 6.07. The van der Waals surface area contributed by atoms with Crippen molar-refractivity contribution in [1.29, 1.82) is 0 Å². The summed E-state index contributed by atoms with van der Waals surface area (Å²) in [6.07, 6.45) is -6.71. The van der Waals surface area contributed by atoms with Crippen molar-refractivity contribution in [2.24, 2.45) is 0 Å². The number of alkyl carbamates (subject to hydrolysis) is 1. The van der Waals surface area contributed by atoms with Gasteiger partial charge >= 0.3 is 18.0 Å². The molecule has 0 radical (unpaired) electrons. The Kier molecular flexibility index (Phi) is 5.42. The molecule has 1 atom stereocenters. The van der Waals surface area contributed by atoms with Crippen LogP contribution in [-0.4, -0.2) is 34.3 Å². The van der Waals surface area contributed by atoms with Crippen molar-refractivity contribution >= 4 is 17.8 Å². The molecule has 12 heteroatoms. The number of hydrogen-bond acceptors (Lipinski definition) is 5. The lowest BCUT2D eigenvalue weighted by Gasteiger charge is -2.29. The number of carbonyl (C=O) groups excluding carboxylic acids is 2. The number of H-pyrrole nitrogens is 1. The molecule has 30 heavy (non-hydrogen) atoms. The maximum Gasteiger partial charge on any atom is 0.425 e. The molecule has 1 aromatic heterocycles. The Hall–Kier alpha value is -3.57. The largest absolute Gasteiger partial charge is 0.450 e. The number of aryl methyl sites for hydroxylation is 1. The Morgan fingerprint density at radius 3 is 2.47 bits per heavy atom. The molecule has 2 aromatic rings. The molecule has 0 saturated carbocycles. The molecule has 1 aromatic carbocycles. The van der Waals surface area contributed by atoms with Crippen LogP contribution in [0, 0.1) is 0 Å². The number of aromatic amines is 1. The molecular formula is C18H17F3N4O5. The molecule has 3 N–H and O–H groups in total. The standard InChI is InChI=1S/C18H17F3N4O5/c1-2-30-16(29)24-17(18(19,20)21)11-12(22-14(17)27)25(15(28)23-13(11)26)9-8-10-6-4-3-5-7-10/h3-7H,2,8-9H2,1H3,(H,22,27)(H,24,29)(H,23,26,28)/t17-/m1/s1. The smallest absolute Gasteiger partial charge is 0.425 e. The predicted octanol–water partition coefficient (Wildman–Crippen LogP) is 1.24. The van der Waals surface area contributed by atoms with Gasteiger partial charge in [0.1, 0.15) is 11.4 Å². The van der Waals surface area contributed by atoms with E-state index in [0.717, 1.165) is 10.1 Å². The lowest BCUT2D eigenvalue weighted by molar-refractivity contribution is -0.197. The van der Waals surface area contributed by atoms with E-state index < -0.39 is 46.3 Å². The van der Waals surface area contributed by atoms with Crippen LogP contribution >= 0.6 is 0 Å². The summed E-state index contributed by atoms with van der Waals surface area (Å²) in [5.74, 6) is -2.35. The number of hydrogen-bond donors (Lipinski definition) is 3. The van der Waals surface area contributed by atoms with Crippen molar-refractivity contribution < 1.29 is 27.5 Å². The Balaban J connectivity index is 2.14. The molecule has 1 aliphatic heterocycles. The Labute approximate surface area is 166 Å². The first-order valence-electron chi connectivity index (χ1n) is 8.86. The molecule has 0 saturated heterocycles. The van der Waals surface area contributed by atoms with Crippen LogP contribution in [0.15, 0.2) is 39.9 Å². The highest BCUT2D eigenvalue weighted by Crippen LogP contribution is 2.44. The van der Waals surface area contributed by atoms with E-state index in [1.54, 1.807) is 35.3 Å². The molecular weight excluding hydrogens is 409 g/mol. The number of halogens is 3. The van der Waals surface area contributed by atoms with Crippen LogP contribution in [0.4, 0.5) is 23.8 Å². The quantitative estimate of drug-likeness (QED) is 0.664. The van der Waals surface area contributed by atoms with Gasteiger partial charge < -0.3 is 10.1 Å². The number of amides is 2. The second-order valence-corrected chi connectivity index (χ2v) is 6.42. The molecule has 3 rings (SSSR count). The lowest BCUT2D eigenvalue weighted by Crippen LogP contribution is -2.62. The number of nitrogens with zero attached hydrogens (tertiary/aromatic N) is 1. The number of carbonyl (C=O) groups is 2. The van der Waals surface area contributed by atoms with Crippen LogP contribution in [0.2, 0.25) is 0 Å². The van der Waals surface area contributed by atoms with E-state index in [4.69, 9.17) is 0 Å². The molecule has 1 aliphatic rings. The molecule has 2 heterocycles. The molecule has 0 spiro atoms. The number of anilines is 1. The highest BCUT2D eigenvalue weighted by Gasteiger charge is 2.68. The molecule has 2 amide bonds. The van der Waals surface area contributed by atoms with Crippen LogP contribution < -0.4 is 21.9 Å². The van der Waals surface area contributed by atoms with E-state index in [1.807, 2.05) is 5.32 Å². The minimum Gasteiger partial charge on any atom is -0.450 e. The fraction of sp³-hybridized carbons (Fsp3) is 0.333. The third-order valence-electron chi connectivity index (χ3n) is 4.60. The van der Waals surface area contributed by atoms with E-state index in [2.05, 4.69) is 4.74 Å². The fourth-order valence-corrected chi connectivity index (χ4v) is 3.24. The SMILES string of the molecule is CCOC(=O)N[C@@]1(C(F)(F)F)C(=O)Nc2c1c(=O)[nH]c(=O)n2CCc1ccccc1. The summed E-state index contributed by atoms with van der Waals surface area (Å²) in [5, 5.41) is 3.41. The van der Waals surface area contributed by atoms with E-state index in [9.17, 15) is 32.3 Å². The van der Waals surface area contributed by atoms with Gasteiger partial charge in [0.05, 0.1) is 6.61 Å². The monoisotopic (exact) mass is 426 g/mol. The van der Waals surface area contributed by atoms with Gasteiger partial charge in [0.2, 0.25) is 0 Å². The summed E-state index contributed by atoms with van der Waals surface area (Å²) in [5.41, 5.74) is -6.49. The minimum absolute atomic E-state index is 0.129. The van der Waals surface area contributed by atoms with Crippen LogP contribution in [0.1, 0.15) is 18.1 Å². The van der Waals surface area contributed by atoms with Crippen molar-refractivity contribution in [2.75, 3.05) is 11.9 Å². The highest BCUT2D eigenvalue weighted by atomic mass is 19.4. The van der Waals surface area contributed by atoms with E-state index in [0.29, 0.717) is 0 Å². The van der Waals surface area contributed by atoms with Gasteiger partial charge in [-0.05, 0) is 18.9 Å². The second-order valence-electron chi connectivity index (χ2n) is 6.42. The van der Waals surface area contributed by atoms with Crippen molar-refractivity contribution in [1.82, 2.24) is 14.9 Å². The summed E-state index contributed by atoms with van der Waals surface area (Å²) in [6.45, 7) is 0.966. The summed E-state index contributed by atoms with van der Waals surface area (Å²) in [4.78, 5) is 50.7. The molecule has 160 valence electrons. The maximum absolute atomic E-state index is 14.0. The number of alkyl halides is 3. The number of aromatic nitrogens is 2. The van der Waals surface area contributed by atoms with Gasteiger partial charge in [0.25, 0.3) is 17.0 Å². The molecule has 0 aliphatic carbocycles. The van der Waals surface area contributed by atoms with Crippen molar-refractivity contribution in [2.45, 2.75) is 31.6 Å². The predicted molar refractivity (Wildman–Crippen MR) is 98.0 cm³/mol. The van der Waals surface area contributed by atoms with Crippen LogP contribution in [0.5, 0.6) is 0 Å². The molecule has 0 fully saturated rings. The van der Waals surface area contributed by atoms with Gasteiger partial charge in [0.15, 0.2) is 0 Å². The topological polar surface area (TPSA) is 122 Å². The molecule has 0 unspecified atom stereocenters. The summed E-state index contributed by atoms with van der Waals surface area (Å²) in [7, 11) is 0. The summed E-state index contributed by atoms with van der Waals surface area (Å²) in [6, 6.07) is 8.76. The zero-order valence-electron chi connectivity index (χ0n) is 15.6. The normalized spacial score (nSPS) is 17.9. The number of rotatable bonds is 5. The second kappa shape index (κ2) is 7.69. The van der Waals surface area contributed by atoms with Gasteiger partial charge in [-0.15, -0.1) is 0 Å². The molecule has 0 bridgehead atoms. The van der Waals surface area contributed by atoms with E-state index >= 15 is 0 Å². The van der Waals surface area contributed by atoms with Gasteiger partial charge in [-0.1, -0.05) is 30.3 Å². The van der Waals surface area contributed by atoms with Crippen LogP contribution in [-0.2, 0) is 28.0 Å². The zero-order valence-corrected chi connectivity index (χ0v) is 15.6. The minimum atomic E-state index is -5.40. The summed E-state index contributed by atoms with van der Waals surface area (Å²) < 4.78 is 47.4. The number of ether oxygens (including phenoxy) is 1. The fourth-order valence-electron chi connectivity index (χ4n) is 3.24. The number of nitrogens with one attached hydrogen (secondary N) is 3. The number of benzene rings is 1. The van der Waals surface area contributed by atoms with Crippen LogP contribution in [0.25, 0.3) is 0 Å². The first-order chi connectivity index (χ1) is 14.1. The first-order valence-corrected chi connectivity index (χ1v) is 8.86. The van der Waals surface area contributed by atoms with E-state index in [-0.39, 0.29) is 19.6 Å². The Bertz CT molecular complexity index is 1090. The Morgan fingerprint density at radius 2 is 1.87 bits per heavy atom. The van der Waals surface area contributed by atoms with Crippen molar-refractivity contribution in [3.8, 4) is 0 Å².